The van der Waals surface area contributed by atoms with Gasteiger partial charge in [-0.05, 0) is 33.6 Å². The largest absolute Gasteiger partial charge is 0.501 e. The van der Waals surface area contributed by atoms with Crippen LogP contribution in [-0.2, 0) is 14.3 Å². The molecule has 1 heterocycles. The predicted octanol–water partition coefficient (Wildman–Crippen LogP) is 1.61. The molecule has 0 aromatic rings. The Balaban J connectivity index is 2.33. The molecule has 1 amide bonds. The van der Waals surface area contributed by atoms with Gasteiger partial charge in [0.15, 0.2) is 0 Å². The third-order valence-corrected chi connectivity index (χ3v) is 2.53. The monoisotopic (exact) mass is 227 g/mol. The molecule has 1 fully saturated rings. The molecule has 1 unspecified atom stereocenters. The number of ether oxygens (including phenoxy) is 2. The van der Waals surface area contributed by atoms with Crippen LogP contribution in [0.3, 0.4) is 0 Å². The van der Waals surface area contributed by atoms with Gasteiger partial charge in [-0.15, -0.1) is 0 Å². The van der Waals surface area contributed by atoms with E-state index in [-0.39, 0.29) is 17.6 Å². The Bertz CT molecular complexity index is 261. The van der Waals surface area contributed by atoms with E-state index in [1.54, 1.807) is 0 Å². The summed E-state index contributed by atoms with van der Waals surface area (Å²) in [4.78, 5) is 11.5. The minimum absolute atomic E-state index is 0.101. The lowest BCUT2D eigenvalue weighted by Crippen LogP contribution is -2.45. The van der Waals surface area contributed by atoms with Crippen molar-refractivity contribution in [1.29, 1.82) is 0 Å². The number of nitrogens with one attached hydrogen (secondary N) is 1. The second-order valence-electron chi connectivity index (χ2n) is 4.56. The van der Waals surface area contributed by atoms with Gasteiger partial charge < -0.3 is 14.8 Å². The summed E-state index contributed by atoms with van der Waals surface area (Å²) < 4.78 is 10.5. The minimum atomic E-state index is -0.139. The van der Waals surface area contributed by atoms with Crippen molar-refractivity contribution in [2.45, 2.75) is 45.3 Å². The number of amides is 1. The molecule has 0 aromatic heterocycles. The van der Waals surface area contributed by atoms with Gasteiger partial charge in [0.05, 0.1) is 18.5 Å². The molecule has 0 spiro atoms. The van der Waals surface area contributed by atoms with Gasteiger partial charge >= 0.3 is 0 Å². The molecule has 1 rings (SSSR count). The van der Waals surface area contributed by atoms with E-state index >= 15 is 0 Å². The van der Waals surface area contributed by atoms with Crippen molar-refractivity contribution in [2.75, 3.05) is 13.2 Å². The molecule has 1 saturated heterocycles. The van der Waals surface area contributed by atoms with E-state index in [0.29, 0.717) is 13.2 Å². The fourth-order valence-electron chi connectivity index (χ4n) is 1.81. The van der Waals surface area contributed by atoms with Crippen LogP contribution < -0.4 is 5.32 Å². The SMILES string of the molecule is CCOC=CC(=O)NC1CCOC(C)(C)C1. The highest BCUT2D eigenvalue weighted by atomic mass is 16.5. The first-order valence-electron chi connectivity index (χ1n) is 5.76. The topological polar surface area (TPSA) is 47.6 Å². The van der Waals surface area contributed by atoms with Crippen LogP contribution in [0, 0.1) is 0 Å². The molecule has 1 N–H and O–H groups in total. The Labute approximate surface area is 97.0 Å². The highest BCUT2D eigenvalue weighted by Crippen LogP contribution is 2.23. The Kier molecular flexibility index (Phi) is 4.80. The molecule has 0 aromatic carbocycles. The van der Waals surface area contributed by atoms with Gasteiger partial charge in [0, 0.05) is 18.7 Å². The summed E-state index contributed by atoms with van der Waals surface area (Å²) in [5, 5.41) is 2.95. The summed E-state index contributed by atoms with van der Waals surface area (Å²) in [6.07, 6.45) is 4.57. The summed E-state index contributed by atoms with van der Waals surface area (Å²) in [6.45, 7) is 7.24. The smallest absolute Gasteiger partial charge is 0.247 e. The van der Waals surface area contributed by atoms with Crippen molar-refractivity contribution >= 4 is 5.91 Å². The highest BCUT2D eigenvalue weighted by Gasteiger charge is 2.29. The van der Waals surface area contributed by atoms with E-state index in [2.05, 4.69) is 5.32 Å². The lowest BCUT2D eigenvalue weighted by atomic mass is 9.94. The van der Waals surface area contributed by atoms with Gasteiger partial charge in [-0.3, -0.25) is 4.79 Å². The lowest BCUT2D eigenvalue weighted by molar-refractivity contribution is -0.119. The van der Waals surface area contributed by atoms with Crippen LogP contribution in [0.15, 0.2) is 12.3 Å². The first-order valence-corrected chi connectivity index (χ1v) is 5.76. The summed E-state index contributed by atoms with van der Waals surface area (Å²) in [7, 11) is 0. The van der Waals surface area contributed by atoms with Crippen LogP contribution in [0.5, 0.6) is 0 Å². The molecule has 0 saturated carbocycles. The molecular weight excluding hydrogens is 206 g/mol. The van der Waals surface area contributed by atoms with E-state index in [1.807, 2.05) is 20.8 Å². The standard InChI is InChI=1S/C12H21NO3/c1-4-15-7-6-11(14)13-10-5-8-16-12(2,3)9-10/h6-7,10H,4-5,8-9H2,1-3H3,(H,13,14). The number of hydrogen-bond acceptors (Lipinski definition) is 3. The molecule has 1 aliphatic rings. The van der Waals surface area contributed by atoms with Crippen molar-refractivity contribution in [3.63, 3.8) is 0 Å². The lowest BCUT2D eigenvalue weighted by Gasteiger charge is -2.35. The summed E-state index contributed by atoms with van der Waals surface area (Å²) in [6, 6.07) is 0.197. The van der Waals surface area contributed by atoms with Gasteiger partial charge in [-0.25, -0.2) is 0 Å². The van der Waals surface area contributed by atoms with Crippen molar-refractivity contribution < 1.29 is 14.3 Å². The predicted molar refractivity (Wildman–Crippen MR) is 62.0 cm³/mol. The number of carbonyl (C=O) groups excluding carboxylic acids is 1. The Hall–Kier alpha value is -1.03. The molecule has 1 aliphatic heterocycles. The second-order valence-corrected chi connectivity index (χ2v) is 4.56. The van der Waals surface area contributed by atoms with Crippen molar-refractivity contribution in [2.24, 2.45) is 0 Å². The van der Waals surface area contributed by atoms with Crippen LogP contribution in [-0.4, -0.2) is 30.8 Å². The fourth-order valence-corrected chi connectivity index (χ4v) is 1.81. The van der Waals surface area contributed by atoms with E-state index in [0.717, 1.165) is 12.8 Å². The zero-order valence-corrected chi connectivity index (χ0v) is 10.3. The highest BCUT2D eigenvalue weighted by molar-refractivity contribution is 5.87. The first-order chi connectivity index (χ1) is 7.53. The maximum Gasteiger partial charge on any atom is 0.247 e. The second kappa shape index (κ2) is 5.89. The summed E-state index contributed by atoms with van der Waals surface area (Å²) >= 11 is 0. The van der Waals surface area contributed by atoms with E-state index in [1.165, 1.54) is 12.3 Å². The molecule has 92 valence electrons. The quantitative estimate of drug-likeness (QED) is 0.586. The molecule has 0 aliphatic carbocycles. The van der Waals surface area contributed by atoms with Gasteiger partial charge in [0.2, 0.25) is 5.91 Å². The minimum Gasteiger partial charge on any atom is -0.501 e. The molecule has 4 heteroatoms. The van der Waals surface area contributed by atoms with Gasteiger partial charge in [-0.1, -0.05) is 0 Å². The van der Waals surface area contributed by atoms with E-state index in [9.17, 15) is 4.79 Å². The number of carbonyl (C=O) groups is 1. The van der Waals surface area contributed by atoms with Crippen LogP contribution in [0.1, 0.15) is 33.6 Å². The zero-order chi connectivity index (χ0) is 12.0. The average molecular weight is 227 g/mol. The zero-order valence-electron chi connectivity index (χ0n) is 10.3. The number of hydrogen-bond donors (Lipinski definition) is 1. The van der Waals surface area contributed by atoms with Crippen molar-refractivity contribution in [3.8, 4) is 0 Å². The summed E-state index contributed by atoms with van der Waals surface area (Å²) in [5.41, 5.74) is -0.139. The Morgan fingerprint density at radius 1 is 1.62 bits per heavy atom. The number of rotatable bonds is 4. The fraction of sp³-hybridized carbons (Fsp3) is 0.750. The van der Waals surface area contributed by atoms with Gasteiger partial charge in [0.1, 0.15) is 0 Å². The van der Waals surface area contributed by atoms with Gasteiger partial charge in [-0.2, -0.15) is 0 Å². The van der Waals surface area contributed by atoms with Crippen LogP contribution in [0.2, 0.25) is 0 Å². The van der Waals surface area contributed by atoms with E-state index < -0.39 is 0 Å². The maximum absolute atomic E-state index is 11.5. The molecule has 4 nitrogen and oxygen atoms in total. The van der Waals surface area contributed by atoms with Crippen LogP contribution in [0.4, 0.5) is 0 Å². The Morgan fingerprint density at radius 2 is 2.38 bits per heavy atom. The molecule has 1 atom stereocenters. The molecule has 0 radical (unpaired) electrons. The first kappa shape index (κ1) is 13.0. The van der Waals surface area contributed by atoms with Crippen LogP contribution in [0.25, 0.3) is 0 Å². The Morgan fingerprint density at radius 3 is 3.00 bits per heavy atom. The maximum atomic E-state index is 11.5. The van der Waals surface area contributed by atoms with Crippen LogP contribution >= 0.6 is 0 Å². The summed E-state index contributed by atoms with van der Waals surface area (Å²) in [5.74, 6) is -0.101. The third-order valence-electron chi connectivity index (χ3n) is 2.53. The van der Waals surface area contributed by atoms with Crippen molar-refractivity contribution in [3.05, 3.63) is 12.3 Å². The third kappa shape index (κ3) is 4.66. The molecule has 16 heavy (non-hydrogen) atoms. The molecular formula is C12H21NO3. The normalized spacial score (nSPS) is 24.3. The average Bonchev–Trinajstić information content (AvgIpc) is 2.16. The van der Waals surface area contributed by atoms with E-state index in [4.69, 9.17) is 9.47 Å². The van der Waals surface area contributed by atoms with Gasteiger partial charge in [0.25, 0.3) is 0 Å². The van der Waals surface area contributed by atoms with Crippen molar-refractivity contribution in [1.82, 2.24) is 5.32 Å². The molecule has 0 bridgehead atoms.